The van der Waals surface area contributed by atoms with Gasteiger partial charge in [0.2, 0.25) is 5.91 Å². The fraction of sp³-hybridized carbons (Fsp3) is 0.611. The summed E-state index contributed by atoms with van der Waals surface area (Å²) in [6.07, 6.45) is 3.24. The highest BCUT2D eigenvalue weighted by Gasteiger charge is 2.52. The van der Waals surface area contributed by atoms with Crippen molar-refractivity contribution in [3.63, 3.8) is 0 Å². The van der Waals surface area contributed by atoms with Crippen LogP contribution in [0.4, 0.5) is 4.79 Å². The van der Waals surface area contributed by atoms with E-state index in [0.717, 1.165) is 41.2 Å². The van der Waals surface area contributed by atoms with Gasteiger partial charge in [-0.05, 0) is 40.9 Å². The topological polar surface area (TPSA) is 73.0 Å². The molecule has 3 aliphatic rings. The molecule has 1 aromatic heterocycles. The SMILES string of the molecule is O=C(CN1C(=O)NC2(CCCC2)C1=O)N1CCN(Cc2ccc(Br)s2)CC1. The lowest BCUT2D eigenvalue weighted by Crippen LogP contribution is -2.52. The van der Waals surface area contributed by atoms with Crippen molar-refractivity contribution in [2.75, 3.05) is 32.7 Å². The van der Waals surface area contributed by atoms with Crippen molar-refractivity contribution < 1.29 is 14.4 Å². The van der Waals surface area contributed by atoms with Crippen molar-refractivity contribution in [3.8, 4) is 0 Å². The minimum absolute atomic E-state index is 0.146. The summed E-state index contributed by atoms with van der Waals surface area (Å²) >= 11 is 5.21. The van der Waals surface area contributed by atoms with Gasteiger partial charge >= 0.3 is 6.03 Å². The van der Waals surface area contributed by atoms with Crippen molar-refractivity contribution in [2.45, 2.75) is 37.8 Å². The monoisotopic (exact) mass is 454 g/mol. The van der Waals surface area contributed by atoms with E-state index in [2.05, 4.69) is 38.3 Å². The molecule has 4 rings (SSSR count). The summed E-state index contributed by atoms with van der Waals surface area (Å²) in [5.74, 6) is -0.368. The number of thiophene rings is 1. The molecule has 0 bridgehead atoms. The van der Waals surface area contributed by atoms with E-state index in [1.807, 2.05) is 0 Å². The van der Waals surface area contributed by atoms with Crippen molar-refractivity contribution in [3.05, 3.63) is 20.8 Å². The number of nitrogens with zero attached hydrogens (tertiary/aromatic N) is 3. The quantitative estimate of drug-likeness (QED) is 0.706. The van der Waals surface area contributed by atoms with E-state index in [1.165, 1.54) is 4.88 Å². The number of amides is 4. The average Bonchev–Trinajstić information content (AvgIpc) is 3.34. The smallest absolute Gasteiger partial charge is 0.325 e. The fourth-order valence-electron chi connectivity index (χ4n) is 4.18. The summed E-state index contributed by atoms with van der Waals surface area (Å²) in [5, 5.41) is 2.83. The summed E-state index contributed by atoms with van der Waals surface area (Å²) in [6, 6.07) is 3.75. The van der Waals surface area contributed by atoms with E-state index in [-0.39, 0.29) is 18.4 Å². The lowest BCUT2D eigenvalue weighted by molar-refractivity contribution is -0.140. The first-order chi connectivity index (χ1) is 13.0. The minimum atomic E-state index is -0.745. The minimum Gasteiger partial charge on any atom is -0.339 e. The third-order valence-electron chi connectivity index (χ3n) is 5.73. The number of hydrogen-bond acceptors (Lipinski definition) is 5. The Balaban J connectivity index is 1.29. The van der Waals surface area contributed by atoms with Crippen molar-refractivity contribution in [2.24, 2.45) is 0 Å². The number of carbonyl (C=O) groups excluding carboxylic acids is 3. The van der Waals surface area contributed by atoms with Crippen LogP contribution < -0.4 is 5.32 Å². The van der Waals surface area contributed by atoms with Crippen LogP contribution in [0.3, 0.4) is 0 Å². The molecule has 1 spiro atoms. The molecule has 9 heteroatoms. The summed E-state index contributed by atoms with van der Waals surface area (Å²) in [6.45, 7) is 3.58. The van der Waals surface area contributed by atoms with E-state index in [1.54, 1.807) is 16.2 Å². The second-order valence-corrected chi connectivity index (χ2v) is 10.0. The first-order valence-corrected chi connectivity index (χ1v) is 11.0. The normalized spacial score (nSPS) is 22.7. The molecule has 27 heavy (non-hydrogen) atoms. The van der Waals surface area contributed by atoms with Crippen molar-refractivity contribution in [1.82, 2.24) is 20.0 Å². The Bertz CT molecular complexity index is 754. The van der Waals surface area contributed by atoms with Gasteiger partial charge in [0.05, 0.1) is 3.79 Å². The largest absolute Gasteiger partial charge is 0.339 e. The van der Waals surface area contributed by atoms with Crippen LogP contribution in [0.25, 0.3) is 0 Å². The lowest BCUT2D eigenvalue weighted by Gasteiger charge is -2.35. The number of imide groups is 1. The molecule has 7 nitrogen and oxygen atoms in total. The van der Waals surface area contributed by atoms with Crippen molar-refractivity contribution >= 4 is 45.1 Å². The van der Waals surface area contributed by atoms with Gasteiger partial charge < -0.3 is 10.2 Å². The first kappa shape index (κ1) is 18.9. The molecule has 4 amide bonds. The van der Waals surface area contributed by atoms with Gasteiger partial charge in [-0.25, -0.2) is 4.79 Å². The van der Waals surface area contributed by atoms with Crippen LogP contribution in [-0.2, 0) is 16.1 Å². The lowest BCUT2D eigenvalue weighted by atomic mass is 9.98. The molecule has 1 saturated carbocycles. The highest BCUT2D eigenvalue weighted by atomic mass is 79.9. The number of urea groups is 1. The Kier molecular flexibility index (Phi) is 5.26. The number of halogens is 1. The molecule has 0 radical (unpaired) electrons. The predicted molar refractivity (Wildman–Crippen MR) is 105 cm³/mol. The number of rotatable bonds is 4. The van der Waals surface area contributed by atoms with Crippen LogP contribution in [-0.4, -0.2) is 70.8 Å². The maximum Gasteiger partial charge on any atom is 0.325 e. The van der Waals surface area contributed by atoms with Crippen molar-refractivity contribution in [1.29, 1.82) is 0 Å². The molecule has 1 aromatic rings. The maximum atomic E-state index is 12.7. The summed E-state index contributed by atoms with van der Waals surface area (Å²) in [7, 11) is 0. The number of hydrogen-bond donors (Lipinski definition) is 1. The van der Waals surface area contributed by atoms with Crippen LogP contribution in [0.1, 0.15) is 30.6 Å². The van der Waals surface area contributed by atoms with E-state index in [9.17, 15) is 14.4 Å². The Morgan fingerprint density at radius 3 is 2.48 bits per heavy atom. The number of carbonyl (C=O) groups is 3. The van der Waals surface area contributed by atoms with Crippen LogP contribution in [0, 0.1) is 0 Å². The highest BCUT2D eigenvalue weighted by Crippen LogP contribution is 2.35. The van der Waals surface area contributed by atoms with Gasteiger partial charge in [0.25, 0.3) is 5.91 Å². The van der Waals surface area contributed by atoms with E-state index in [0.29, 0.717) is 25.9 Å². The zero-order chi connectivity index (χ0) is 19.0. The van der Waals surface area contributed by atoms with Gasteiger partial charge in [-0.2, -0.15) is 0 Å². The van der Waals surface area contributed by atoms with Gasteiger partial charge in [0.1, 0.15) is 12.1 Å². The number of piperazine rings is 1. The Morgan fingerprint density at radius 1 is 1.15 bits per heavy atom. The van der Waals surface area contributed by atoms with Gasteiger partial charge in [0.15, 0.2) is 0 Å². The molecular formula is C18H23BrN4O3S. The second kappa shape index (κ2) is 7.52. The molecule has 3 heterocycles. The third kappa shape index (κ3) is 3.77. The first-order valence-electron chi connectivity index (χ1n) is 9.35. The molecule has 2 saturated heterocycles. The zero-order valence-electron chi connectivity index (χ0n) is 15.1. The summed E-state index contributed by atoms with van der Waals surface area (Å²) in [4.78, 5) is 44.1. The standard InChI is InChI=1S/C18H23BrN4O3S/c19-14-4-3-13(27-14)11-21-7-9-22(10-8-21)15(24)12-23-16(25)18(20-17(23)26)5-1-2-6-18/h3-4H,1-2,5-12H2,(H,20,26). The Morgan fingerprint density at radius 2 is 1.85 bits per heavy atom. The fourth-order valence-corrected chi connectivity index (χ4v) is 5.71. The Hall–Kier alpha value is -1.45. The molecule has 0 atom stereocenters. The van der Waals surface area contributed by atoms with Crippen LogP contribution >= 0.6 is 27.3 Å². The van der Waals surface area contributed by atoms with Gasteiger partial charge in [-0.3, -0.25) is 19.4 Å². The predicted octanol–water partition coefficient (Wildman–Crippen LogP) is 2.02. The molecule has 3 fully saturated rings. The highest BCUT2D eigenvalue weighted by molar-refractivity contribution is 9.11. The molecule has 1 N–H and O–H groups in total. The maximum absolute atomic E-state index is 12.7. The zero-order valence-corrected chi connectivity index (χ0v) is 17.5. The number of nitrogens with one attached hydrogen (secondary N) is 1. The molecule has 2 aliphatic heterocycles. The molecule has 146 valence electrons. The average molecular weight is 455 g/mol. The Labute approximate surface area is 170 Å². The van der Waals surface area contributed by atoms with E-state index in [4.69, 9.17) is 0 Å². The molecular weight excluding hydrogens is 432 g/mol. The molecule has 0 aromatic carbocycles. The van der Waals surface area contributed by atoms with E-state index >= 15 is 0 Å². The molecule has 1 aliphatic carbocycles. The molecule has 0 unspecified atom stereocenters. The van der Waals surface area contributed by atoms with Crippen LogP contribution in [0.5, 0.6) is 0 Å². The van der Waals surface area contributed by atoms with Crippen LogP contribution in [0.2, 0.25) is 0 Å². The summed E-state index contributed by atoms with van der Waals surface area (Å²) in [5.41, 5.74) is -0.745. The van der Waals surface area contributed by atoms with Gasteiger partial charge in [-0.1, -0.05) is 12.8 Å². The van der Waals surface area contributed by atoms with Crippen LogP contribution in [0.15, 0.2) is 15.9 Å². The second-order valence-electron chi connectivity index (χ2n) is 7.47. The van der Waals surface area contributed by atoms with Gasteiger partial charge in [-0.15, -0.1) is 11.3 Å². The van der Waals surface area contributed by atoms with E-state index < -0.39 is 11.6 Å². The third-order valence-corrected chi connectivity index (χ3v) is 7.34. The summed E-state index contributed by atoms with van der Waals surface area (Å²) < 4.78 is 1.12. The van der Waals surface area contributed by atoms with Gasteiger partial charge in [0, 0.05) is 37.6 Å².